The molecule has 3 fully saturated rings. The maximum Gasteiger partial charge on any atom is 0.250 e. The van der Waals surface area contributed by atoms with Crippen LogP contribution in [0.2, 0.25) is 0 Å². The van der Waals surface area contributed by atoms with Crippen molar-refractivity contribution in [3.05, 3.63) is 57.6 Å². The predicted molar refractivity (Wildman–Crippen MR) is 120 cm³/mol. The Kier molecular flexibility index (Phi) is 3.88. The van der Waals surface area contributed by atoms with Crippen molar-refractivity contribution in [3.8, 4) is 0 Å². The molecule has 7 heteroatoms. The fourth-order valence-electron chi connectivity index (χ4n) is 6.36. The lowest BCUT2D eigenvalue weighted by Crippen LogP contribution is -2.54. The van der Waals surface area contributed by atoms with Gasteiger partial charge in [-0.3, -0.25) is 19.3 Å². The number of nitrogens with zero attached hydrogens (tertiary/aromatic N) is 2. The van der Waals surface area contributed by atoms with Gasteiger partial charge >= 0.3 is 0 Å². The fourth-order valence-corrected chi connectivity index (χ4v) is 6.63. The van der Waals surface area contributed by atoms with Crippen LogP contribution in [0.15, 0.2) is 40.9 Å². The summed E-state index contributed by atoms with van der Waals surface area (Å²) in [5.41, 5.74) is 3.21. The van der Waals surface area contributed by atoms with Crippen LogP contribution in [0, 0.1) is 25.7 Å². The Morgan fingerprint density at radius 3 is 2.52 bits per heavy atom. The van der Waals surface area contributed by atoms with Gasteiger partial charge in [0.15, 0.2) is 0 Å². The average molecular weight is 480 g/mol. The van der Waals surface area contributed by atoms with Gasteiger partial charge in [0.2, 0.25) is 17.7 Å². The number of anilines is 2. The Bertz CT molecular complexity index is 1180. The second kappa shape index (κ2) is 6.26. The smallest absolute Gasteiger partial charge is 0.250 e. The minimum atomic E-state index is -1.11. The molecule has 1 spiro atoms. The number of nitrogens with one attached hydrogen (secondary N) is 1. The van der Waals surface area contributed by atoms with Gasteiger partial charge in [-0.15, -0.1) is 0 Å². The van der Waals surface area contributed by atoms with Gasteiger partial charge in [-0.2, -0.15) is 0 Å². The zero-order valence-electron chi connectivity index (χ0n) is 17.3. The third kappa shape index (κ3) is 2.18. The standard InChI is InChI=1S/C24H22BrN3O3/c1-12-5-10-16-20(13(12)2)26-23(31)24(16)19-18(17-4-3-11-27(17)24)21(29)28(22(19)30)15-8-6-14(25)7-9-15/h5-10,17-19H,3-4,11H2,1-2H3,(H,26,31). The number of amides is 3. The molecule has 3 saturated heterocycles. The van der Waals surface area contributed by atoms with Crippen molar-refractivity contribution in [3.63, 3.8) is 0 Å². The molecule has 0 aromatic heterocycles. The van der Waals surface area contributed by atoms with Gasteiger partial charge in [0.05, 0.1) is 17.5 Å². The normalized spacial score (nSPS) is 31.4. The Balaban J connectivity index is 1.56. The molecule has 0 bridgehead atoms. The molecule has 1 N–H and O–H groups in total. The topological polar surface area (TPSA) is 69.7 Å². The number of hydrogen-bond donors (Lipinski definition) is 1. The molecule has 3 amide bonds. The van der Waals surface area contributed by atoms with Crippen LogP contribution in [0.3, 0.4) is 0 Å². The number of aryl methyl sites for hydroxylation is 1. The predicted octanol–water partition coefficient (Wildman–Crippen LogP) is 3.50. The van der Waals surface area contributed by atoms with Crippen LogP contribution in [-0.4, -0.2) is 35.2 Å². The lowest BCUT2D eigenvalue weighted by molar-refractivity contribution is -0.135. The van der Waals surface area contributed by atoms with Crippen LogP contribution in [0.1, 0.15) is 29.5 Å². The van der Waals surface area contributed by atoms with E-state index >= 15 is 0 Å². The summed E-state index contributed by atoms with van der Waals surface area (Å²) in [4.78, 5) is 44.7. The average Bonchev–Trinajstić information content (AvgIpc) is 3.45. The zero-order valence-corrected chi connectivity index (χ0v) is 18.9. The van der Waals surface area contributed by atoms with E-state index in [1.54, 1.807) is 12.1 Å². The number of rotatable bonds is 1. The Morgan fingerprint density at radius 1 is 1.03 bits per heavy atom. The van der Waals surface area contributed by atoms with Gasteiger partial charge in [0.1, 0.15) is 5.54 Å². The molecule has 4 aliphatic rings. The molecule has 4 unspecified atom stereocenters. The molecule has 6 nitrogen and oxygen atoms in total. The summed E-state index contributed by atoms with van der Waals surface area (Å²) < 4.78 is 0.879. The summed E-state index contributed by atoms with van der Waals surface area (Å²) >= 11 is 3.41. The number of carbonyl (C=O) groups excluding carboxylic acids is 3. The number of carbonyl (C=O) groups is 3. The highest BCUT2D eigenvalue weighted by Gasteiger charge is 2.74. The molecular weight excluding hydrogens is 458 g/mol. The number of imide groups is 1. The molecule has 6 rings (SSSR count). The Labute approximate surface area is 188 Å². The molecule has 4 atom stereocenters. The van der Waals surface area contributed by atoms with E-state index in [9.17, 15) is 14.4 Å². The molecule has 4 aliphatic heterocycles. The van der Waals surface area contributed by atoms with Crippen LogP contribution in [0.25, 0.3) is 0 Å². The van der Waals surface area contributed by atoms with E-state index < -0.39 is 17.4 Å². The van der Waals surface area contributed by atoms with Crippen molar-refractivity contribution in [2.45, 2.75) is 38.3 Å². The second-order valence-corrected chi connectivity index (χ2v) is 9.96. The lowest BCUT2D eigenvalue weighted by atomic mass is 9.75. The van der Waals surface area contributed by atoms with Gasteiger partial charge in [-0.05, 0) is 68.6 Å². The van der Waals surface area contributed by atoms with Crippen LogP contribution in [-0.2, 0) is 19.9 Å². The fraction of sp³-hybridized carbons (Fsp3) is 0.375. The number of halogens is 1. The summed E-state index contributed by atoms with van der Waals surface area (Å²) in [6.07, 6.45) is 1.74. The summed E-state index contributed by atoms with van der Waals surface area (Å²) in [5, 5.41) is 3.09. The van der Waals surface area contributed by atoms with Gasteiger partial charge < -0.3 is 5.32 Å². The second-order valence-electron chi connectivity index (χ2n) is 9.05. The van der Waals surface area contributed by atoms with E-state index in [4.69, 9.17) is 0 Å². The Morgan fingerprint density at radius 2 is 1.77 bits per heavy atom. The third-order valence-corrected chi connectivity index (χ3v) is 8.31. The van der Waals surface area contributed by atoms with E-state index in [2.05, 4.69) is 26.1 Å². The minimum Gasteiger partial charge on any atom is -0.324 e. The number of benzene rings is 2. The van der Waals surface area contributed by atoms with Crippen molar-refractivity contribution in [2.24, 2.45) is 11.8 Å². The summed E-state index contributed by atoms with van der Waals surface area (Å²) in [5.74, 6) is -1.84. The number of hydrogen-bond acceptors (Lipinski definition) is 4. The third-order valence-electron chi connectivity index (χ3n) is 7.78. The Hall–Kier alpha value is -2.51. The number of fused-ring (bicyclic) bond motifs is 7. The molecule has 2 aromatic rings. The first kappa shape index (κ1) is 19.2. The summed E-state index contributed by atoms with van der Waals surface area (Å²) in [6, 6.07) is 11.1. The van der Waals surface area contributed by atoms with Gasteiger partial charge in [0, 0.05) is 21.8 Å². The van der Waals surface area contributed by atoms with E-state index in [1.807, 2.05) is 38.1 Å². The van der Waals surface area contributed by atoms with Gasteiger partial charge in [0.25, 0.3) is 0 Å². The largest absolute Gasteiger partial charge is 0.324 e. The maximum atomic E-state index is 13.9. The highest BCUT2D eigenvalue weighted by molar-refractivity contribution is 9.10. The van der Waals surface area contributed by atoms with Crippen molar-refractivity contribution in [1.29, 1.82) is 0 Å². The highest BCUT2D eigenvalue weighted by Crippen LogP contribution is 2.61. The monoisotopic (exact) mass is 479 g/mol. The summed E-state index contributed by atoms with van der Waals surface area (Å²) in [6.45, 7) is 4.73. The highest BCUT2D eigenvalue weighted by atomic mass is 79.9. The van der Waals surface area contributed by atoms with Crippen molar-refractivity contribution >= 4 is 45.0 Å². The van der Waals surface area contributed by atoms with Crippen molar-refractivity contribution < 1.29 is 14.4 Å². The first-order valence-corrected chi connectivity index (χ1v) is 11.5. The van der Waals surface area contributed by atoms with E-state index in [1.165, 1.54) is 4.90 Å². The maximum absolute atomic E-state index is 13.9. The van der Waals surface area contributed by atoms with Crippen molar-refractivity contribution in [2.75, 3.05) is 16.8 Å². The molecule has 4 heterocycles. The van der Waals surface area contributed by atoms with E-state index in [0.29, 0.717) is 5.69 Å². The molecule has 0 radical (unpaired) electrons. The first-order chi connectivity index (χ1) is 14.9. The van der Waals surface area contributed by atoms with Gasteiger partial charge in [-0.1, -0.05) is 28.1 Å². The molecule has 2 aromatic carbocycles. The van der Waals surface area contributed by atoms with Crippen LogP contribution in [0.4, 0.5) is 11.4 Å². The van der Waals surface area contributed by atoms with E-state index in [-0.39, 0.29) is 23.8 Å². The molecule has 31 heavy (non-hydrogen) atoms. The molecule has 158 valence electrons. The van der Waals surface area contributed by atoms with E-state index in [0.717, 1.165) is 46.2 Å². The lowest BCUT2D eigenvalue weighted by Gasteiger charge is -2.36. The summed E-state index contributed by atoms with van der Waals surface area (Å²) in [7, 11) is 0. The van der Waals surface area contributed by atoms with Crippen LogP contribution in [0.5, 0.6) is 0 Å². The molecular formula is C24H22BrN3O3. The SMILES string of the molecule is Cc1ccc2c(c1C)NC(=O)C21C2C(=O)N(c3ccc(Br)cc3)C(=O)C2C2CCCN21. The van der Waals surface area contributed by atoms with Crippen molar-refractivity contribution in [1.82, 2.24) is 4.90 Å². The van der Waals surface area contributed by atoms with Gasteiger partial charge in [-0.25, -0.2) is 4.90 Å². The minimum absolute atomic E-state index is 0.0970. The molecule has 0 aliphatic carbocycles. The quantitative estimate of drug-likeness (QED) is 0.635. The first-order valence-electron chi connectivity index (χ1n) is 10.7. The van der Waals surface area contributed by atoms with Crippen LogP contribution >= 0.6 is 15.9 Å². The zero-order chi connectivity index (χ0) is 21.7. The molecule has 0 saturated carbocycles. The van der Waals surface area contributed by atoms with Crippen LogP contribution < -0.4 is 10.2 Å².